The predicted molar refractivity (Wildman–Crippen MR) is 129 cm³/mol. The van der Waals surface area contributed by atoms with Crippen molar-refractivity contribution < 1.29 is 28.7 Å². The van der Waals surface area contributed by atoms with Gasteiger partial charge in [-0.1, -0.05) is 29.8 Å². The normalized spacial score (nSPS) is 20.3. The smallest absolute Gasteiger partial charge is 0.335 e. The standard InChI is InChI=1S/C26H23ClFN3O5/c1-13(32)18-11-30(20-5-3-2-4-17(18)20)12-23(33)31-21-8-14(21)9-22(31)25(34)29-10-16-6-15(26(35)36)7-19(27)24(16)28/h2-7,11,14,21-22H,8-10,12H2,1H3,(H,29,34)(H,35,36)/t14-,21+,22-/m0/s1. The van der Waals surface area contributed by atoms with Gasteiger partial charge in [-0.3, -0.25) is 14.4 Å². The lowest BCUT2D eigenvalue weighted by Crippen LogP contribution is -2.48. The third-order valence-corrected chi connectivity index (χ3v) is 7.25. The van der Waals surface area contributed by atoms with Gasteiger partial charge in [-0.05, 0) is 43.9 Å². The molecule has 1 aliphatic carbocycles. The van der Waals surface area contributed by atoms with Gasteiger partial charge in [-0.2, -0.15) is 0 Å². The Labute approximate surface area is 210 Å². The highest BCUT2D eigenvalue weighted by Gasteiger charge is 2.55. The number of likely N-dealkylation sites (tertiary alicyclic amines) is 1. The number of amides is 2. The van der Waals surface area contributed by atoms with Crippen LogP contribution in [0.25, 0.3) is 10.9 Å². The first kappa shape index (κ1) is 24.0. The quantitative estimate of drug-likeness (QED) is 0.471. The van der Waals surface area contributed by atoms with Crippen molar-refractivity contribution in [1.29, 1.82) is 0 Å². The first-order valence-electron chi connectivity index (χ1n) is 11.5. The molecule has 5 rings (SSSR count). The van der Waals surface area contributed by atoms with Crippen LogP contribution in [-0.2, 0) is 22.7 Å². The molecule has 0 spiro atoms. The summed E-state index contributed by atoms with van der Waals surface area (Å²) >= 11 is 5.81. The minimum atomic E-state index is -1.26. The van der Waals surface area contributed by atoms with E-state index in [1.807, 2.05) is 24.3 Å². The number of carboxylic acids is 1. The minimum Gasteiger partial charge on any atom is -0.478 e. The van der Waals surface area contributed by atoms with Crippen LogP contribution in [0, 0.1) is 11.7 Å². The molecule has 0 unspecified atom stereocenters. The van der Waals surface area contributed by atoms with Gasteiger partial charge < -0.3 is 19.9 Å². The summed E-state index contributed by atoms with van der Waals surface area (Å²) in [7, 11) is 0. The second-order valence-electron chi connectivity index (χ2n) is 9.31. The second-order valence-corrected chi connectivity index (χ2v) is 9.72. The van der Waals surface area contributed by atoms with Crippen molar-refractivity contribution >= 4 is 46.1 Å². The summed E-state index contributed by atoms with van der Waals surface area (Å²) in [6.07, 6.45) is 3.00. The Hall–Kier alpha value is -3.72. The molecule has 2 fully saturated rings. The number of aromatic nitrogens is 1. The molecule has 36 heavy (non-hydrogen) atoms. The number of rotatable bonds is 7. The molecule has 10 heteroatoms. The molecule has 1 saturated heterocycles. The Morgan fingerprint density at radius 1 is 1.17 bits per heavy atom. The number of hydrogen-bond acceptors (Lipinski definition) is 4. The van der Waals surface area contributed by atoms with E-state index in [0.717, 1.165) is 29.5 Å². The monoisotopic (exact) mass is 511 g/mol. The highest BCUT2D eigenvalue weighted by Crippen LogP contribution is 2.48. The average molecular weight is 512 g/mol. The molecule has 2 aliphatic rings. The summed E-state index contributed by atoms with van der Waals surface area (Å²) in [5.41, 5.74) is 1.05. The summed E-state index contributed by atoms with van der Waals surface area (Å²) in [6, 6.07) is 8.75. The number of fused-ring (bicyclic) bond motifs is 2. The maximum Gasteiger partial charge on any atom is 0.335 e. The van der Waals surface area contributed by atoms with Gasteiger partial charge in [0.1, 0.15) is 18.4 Å². The third kappa shape index (κ3) is 4.24. The summed E-state index contributed by atoms with van der Waals surface area (Å²) in [6.45, 7) is 1.20. The number of aromatic carboxylic acids is 1. The number of halogens is 2. The van der Waals surface area contributed by atoms with E-state index in [1.54, 1.807) is 15.7 Å². The molecule has 2 amide bonds. The molecule has 3 aromatic rings. The van der Waals surface area contributed by atoms with Gasteiger partial charge in [0.05, 0.1) is 10.6 Å². The van der Waals surface area contributed by atoms with Crippen LogP contribution in [0.1, 0.15) is 46.0 Å². The van der Waals surface area contributed by atoms with Crippen LogP contribution < -0.4 is 5.32 Å². The molecular weight excluding hydrogens is 489 g/mol. The molecule has 0 bridgehead atoms. The highest BCUT2D eigenvalue weighted by molar-refractivity contribution is 6.31. The van der Waals surface area contributed by atoms with Crippen molar-refractivity contribution in [3.05, 3.63) is 70.1 Å². The number of carbonyl (C=O) groups is 4. The zero-order valence-corrected chi connectivity index (χ0v) is 20.1. The van der Waals surface area contributed by atoms with E-state index in [4.69, 9.17) is 11.6 Å². The number of benzene rings is 2. The summed E-state index contributed by atoms with van der Waals surface area (Å²) < 4.78 is 16.1. The topological polar surface area (TPSA) is 109 Å². The number of Topliss-reactive ketones (excluding diaryl/α,β-unsaturated/α-hetero) is 1. The van der Waals surface area contributed by atoms with E-state index in [9.17, 15) is 28.7 Å². The molecule has 2 aromatic carbocycles. The fourth-order valence-corrected chi connectivity index (χ4v) is 5.37. The van der Waals surface area contributed by atoms with Gasteiger partial charge in [0, 0.05) is 40.8 Å². The number of nitrogens with zero attached hydrogens (tertiary/aromatic N) is 2. The number of ketones is 1. The van der Waals surface area contributed by atoms with Crippen molar-refractivity contribution in [1.82, 2.24) is 14.8 Å². The fourth-order valence-electron chi connectivity index (χ4n) is 5.13. The van der Waals surface area contributed by atoms with Gasteiger partial charge in [0.25, 0.3) is 0 Å². The fraction of sp³-hybridized carbons (Fsp3) is 0.308. The van der Waals surface area contributed by atoms with Gasteiger partial charge in [0.2, 0.25) is 11.8 Å². The molecule has 1 aromatic heterocycles. The van der Waals surface area contributed by atoms with E-state index in [-0.39, 0.29) is 52.9 Å². The Morgan fingerprint density at radius 2 is 1.92 bits per heavy atom. The zero-order valence-electron chi connectivity index (χ0n) is 19.3. The Kier molecular flexibility index (Phi) is 6.04. The molecule has 8 nitrogen and oxygen atoms in total. The molecule has 2 heterocycles. The number of hydrogen-bond donors (Lipinski definition) is 2. The number of piperidine rings is 1. The van der Waals surface area contributed by atoms with Crippen LogP contribution in [0.4, 0.5) is 4.39 Å². The van der Waals surface area contributed by atoms with Crippen molar-refractivity contribution in [2.75, 3.05) is 0 Å². The Bertz CT molecular complexity index is 1430. The molecule has 0 radical (unpaired) electrons. The van der Waals surface area contributed by atoms with Crippen LogP contribution in [0.2, 0.25) is 5.02 Å². The van der Waals surface area contributed by atoms with E-state index in [1.165, 1.54) is 6.92 Å². The Morgan fingerprint density at radius 3 is 2.64 bits per heavy atom. The highest BCUT2D eigenvalue weighted by atomic mass is 35.5. The molecular formula is C26H23ClFN3O5. The van der Waals surface area contributed by atoms with Crippen LogP contribution in [-0.4, -0.2) is 50.2 Å². The number of para-hydroxylation sites is 1. The predicted octanol–water partition coefficient (Wildman–Crippen LogP) is 3.64. The zero-order chi connectivity index (χ0) is 25.7. The van der Waals surface area contributed by atoms with Gasteiger partial charge in [-0.15, -0.1) is 0 Å². The van der Waals surface area contributed by atoms with Crippen LogP contribution >= 0.6 is 11.6 Å². The number of nitrogens with one attached hydrogen (secondary N) is 1. The number of carbonyl (C=O) groups excluding carboxylic acids is 3. The van der Waals surface area contributed by atoms with Gasteiger partial charge >= 0.3 is 5.97 Å². The largest absolute Gasteiger partial charge is 0.478 e. The van der Waals surface area contributed by atoms with Crippen LogP contribution in [0.15, 0.2) is 42.6 Å². The van der Waals surface area contributed by atoms with Gasteiger partial charge in [0.15, 0.2) is 5.78 Å². The van der Waals surface area contributed by atoms with E-state index in [2.05, 4.69) is 5.32 Å². The maximum absolute atomic E-state index is 14.4. The van der Waals surface area contributed by atoms with Crippen molar-refractivity contribution in [2.24, 2.45) is 5.92 Å². The summed E-state index contributed by atoms with van der Waals surface area (Å²) in [5, 5.41) is 12.2. The Balaban J connectivity index is 1.33. The SMILES string of the molecule is CC(=O)c1cn(CC(=O)N2[C@@H]3C[C@H]3C[C@H]2C(=O)NCc2cc(C(=O)O)cc(Cl)c2F)c2ccccc12. The van der Waals surface area contributed by atoms with Crippen molar-refractivity contribution in [3.8, 4) is 0 Å². The van der Waals surface area contributed by atoms with Crippen molar-refractivity contribution in [2.45, 2.75) is 44.9 Å². The second kappa shape index (κ2) is 9.05. The van der Waals surface area contributed by atoms with Crippen LogP contribution in [0.5, 0.6) is 0 Å². The summed E-state index contributed by atoms with van der Waals surface area (Å²) in [4.78, 5) is 51.4. The van der Waals surface area contributed by atoms with Gasteiger partial charge in [-0.25, -0.2) is 9.18 Å². The van der Waals surface area contributed by atoms with E-state index >= 15 is 0 Å². The molecule has 186 valence electrons. The number of carboxylic acid groups (broad SMARTS) is 1. The lowest BCUT2D eigenvalue weighted by Gasteiger charge is -2.27. The first-order valence-corrected chi connectivity index (χ1v) is 11.9. The first-order chi connectivity index (χ1) is 17.2. The maximum atomic E-state index is 14.4. The molecule has 2 N–H and O–H groups in total. The average Bonchev–Trinajstić information content (AvgIpc) is 3.34. The van der Waals surface area contributed by atoms with E-state index in [0.29, 0.717) is 12.0 Å². The lowest BCUT2D eigenvalue weighted by molar-refractivity contribution is -0.140. The van der Waals surface area contributed by atoms with Crippen LogP contribution in [0.3, 0.4) is 0 Å². The lowest BCUT2D eigenvalue weighted by atomic mass is 10.1. The molecule has 3 atom stereocenters. The molecule has 1 saturated carbocycles. The van der Waals surface area contributed by atoms with Crippen molar-refractivity contribution in [3.63, 3.8) is 0 Å². The van der Waals surface area contributed by atoms with E-state index < -0.39 is 23.7 Å². The minimum absolute atomic E-state index is 0.0221. The summed E-state index contributed by atoms with van der Waals surface area (Å²) in [5.74, 6) is -2.60. The third-order valence-electron chi connectivity index (χ3n) is 6.97. The molecule has 1 aliphatic heterocycles.